The van der Waals surface area contributed by atoms with Crippen molar-refractivity contribution in [3.05, 3.63) is 41.6 Å². The van der Waals surface area contributed by atoms with Crippen molar-refractivity contribution in [3.63, 3.8) is 0 Å². The van der Waals surface area contributed by atoms with E-state index >= 15 is 0 Å². The highest BCUT2D eigenvalue weighted by Crippen LogP contribution is 2.27. The van der Waals surface area contributed by atoms with Gasteiger partial charge in [0.1, 0.15) is 0 Å². The zero-order chi connectivity index (χ0) is 16.2. The summed E-state index contributed by atoms with van der Waals surface area (Å²) in [5.74, 6) is 0.773. The van der Waals surface area contributed by atoms with Crippen molar-refractivity contribution >= 4 is 17.5 Å². The second-order valence-electron chi connectivity index (χ2n) is 5.59. The topological polar surface area (TPSA) is 97.1 Å². The third-order valence-corrected chi connectivity index (χ3v) is 3.86. The molecule has 1 aliphatic rings. The zero-order valence-electron chi connectivity index (χ0n) is 12.8. The second kappa shape index (κ2) is 6.60. The van der Waals surface area contributed by atoms with E-state index in [1.807, 2.05) is 0 Å². The summed E-state index contributed by atoms with van der Waals surface area (Å²) < 4.78 is 5.19. The predicted molar refractivity (Wildman–Crippen MR) is 82.6 cm³/mol. The fourth-order valence-corrected chi connectivity index (χ4v) is 2.29. The number of benzene rings is 1. The van der Waals surface area contributed by atoms with Crippen molar-refractivity contribution in [2.45, 2.75) is 32.7 Å². The Kier molecular flexibility index (Phi) is 4.36. The van der Waals surface area contributed by atoms with Crippen LogP contribution in [-0.4, -0.2) is 22.0 Å². The molecule has 1 aliphatic carbocycles. The molecule has 1 saturated carbocycles. The molecule has 3 rings (SSSR count). The standard InChI is InChI=1S/C16H18N4O3/c1-10-19-20-14(23-10)9-17-15(21)12-5-7-13(8-6-12)18-16(22)11-3-2-4-11/h5-8,11H,2-4,9H2,1H3,(H,17,21)(H,18,22). The number of hydrogen-bond donors (Lipinski definition) is 2. The first-order valence-electron chi connectivity index (χ1n) is 7.60. The maximum atomic E-state index is 12.0. The SMILES string of the molecule is Cc1nnc(CNC(=O)c2ccc(NC(=O)C3CCC3)cc2)o1. The fourth-order valence-electron chi connectivity index (χ4n) is 2.29. The molecule has 7 heteroatoms. The Morgan fingerprint density at radius 1 is 1.22 bits per heavy atom. The Balaban J connectivity index is 1.53. The van der Waals surface area contributed by atoms with Crippen LogP contribution in [0.15, 0.2) is 28.7 Å². The number of carbonyl (C=O) groups is 2. The first-order valence-corrected chi connectivity index (χ1v) is 7.60. The van der Waals surface area contributed by atoms with Gasteiger partial charge in [-0.25, -0.2) is 0 Å². The highest BCUT2D eigenvalue weighted by atomic mass is 16.4. The van der Waals surface area contributed by atoms with Gasteiger partial charge in [0.2, 0.25) is 17.7 Å². The minimum atomic E-state index is -0.238. The predicted octanol–water partition coefficient (Wildman–Crippen LogP) is 2.05. The molecular formula is C16H18N4O3. The number of aromatic nitrogens is 2. The average molecular weight is 314 g/mol. The van der Waals surface area contributed by atoms with Gasteiger partial charge in [-0.2, -0.15) is 0 Å². The molecule has 120 valence electrons. The largest absolute Gasteiger partial charge is 0.424 e. The number of carbonyl (C=O) groups excluding carboxylic acids is 2. The first-order chi connectivity index (χ1) is 11.1. The van der Waals surface area contributed by atoms with Gasteiger partial charge >= 0.3 is 0 Å². The Morgan fingerprint density at radius 3 is 2.52 bits per heavy atom. The number of nitrogens with zero attached hydrogens (tertiary/aromatic N) is 2. The minimum absolute atomic E-state index is 0.0558. The lowest BCUT2D eigenvalue weighted by Crippen LogP contribution is -2.28. The Hall–Kier alpha value is -2.70. The van der Waals surface area contributed by atoms with Gasteiger partial charge in [-0.1, -0.05) is 6.42 Å². The monoisotopic (exact) mass is 314 g/mol. The molecule has 0 spiro atoms. The van der Waals surface area contributed by atoms with Gasteiger partial charge in [0.25, 0.3) is 5.91 Å². The third kappa shape index (κ3) is 3.74. The summed E-state index contributed by atoms with van der Waals surface area (Å²) in [5, 5.41) is 13.1. The molecule has 7 nitrogen and oxygen atoms in total. The molecule has 0 saturated heterocycles. The first kappa shape index (κ1) is 15.2. The van der Waals surface area contributed by atoms with Crippen molar-refractivity contribution in [1.29, 1.82) is 0 Å². The van der Waals surface area contributed by atoms with Crippen LogP contribution in [0, 0.1) is 12.8 Å². The quantitative estimate of drug-likeness (QED) is 0.880. The normalized spacial score (nSPS) is 14.1. The summed E-state index contributed by atoms with van der Waals surface area (Å²) in [6.07, 6.45) is 3.04. The molecule has 2 amide bonds. The molecule has 0 bridgehead atoms. The number of hydrogen-bond acceptors (Lipinski definition) is 5. The molecule has 23 heavy (non-hydrogen) atoms. The summed E-state index contributed by atoms with van der Waals surface area (Å²) in [5.41, 5.74) is 1.20. The lowest BCUT2D eigenvalue weighted by atomic mass is 9.85. The van der Waals surface area contributed by atoms with Crippen LogP contribution in [0.25, 0.3) is 0 Å². The molecule has 1 aromatic carbocycles. The highest BCUT2D eigenvalue weighted by Gasteiger charge is 2.25. The van der Waals surface area contributed by atoms with Crippen molar-refractivity contribution in [3.8, 4) is 0 Å². The maximum Gasteiger partial charge on any atom is 0.251 e. The van der Waals surface area contributed by atoms with Gasteiger partial charge in [-0.15, -0.1) is 10.2 Å². The molecule has 0 radical (unpaired) electrons. The second-order valence-corrected chi connectivity index (χ2v) is 5.59. The molecule has 2 aromatic rings. The van der Waals surface area contributed by atoms with Crippen molar-refractivity contribution in [2.24, 2.45) is 5.92 Å². The van der Waals surface area contributed by atoms with Gasteiger partial charge < -0.3 is 15.1 Å². The van der Waals surface area contributed by atoms with E-state index in [4.69, 9.17) is 4.42 Å². The van der Waals surface area contributed by atoms with E-state index < -0.39 is 0 Å². The van der Waals surface area contributed by atoms with Gasteiger partial charge in [0.05, 0.1) is 6.54 Å². The van der Waals surface area contributed by atoms with E-state index in [1.165, 1.54) is 0 Å². The highest BCUT2D eigenvalue weighted by molar-refractivity contribution is 5.96. The van der Waals surface area contributed by atoms with E-state index in [-0.39, 0.29) is 24.3 Å². The Labute approximate surface area is 133 Å². The van der Waals surface area contributed by atoms with Gasteiger partial charge in [-0.3, -0.25) is 9.59 Å². The lowest BCUT2D eigenvalue weighted by Gasteiger charge is -2.24. The van der Waals surface area contributed by atoms with Crippen molar-refractivity contribution in [2.75, 3.05) is 5.32 Å². The molecule has 1 aromatic heterocycles. The van der Waals surface area contributed by atoms with Crippen molar-refractivity contribution in [1.82, 2.24) is 15.5 Å². The molecule has 2 N–H and O–H groups in total. The van der Waals surface area contributed by atoms with Gasteiger partial charge in [0, 0.05) is 24.1 Å². The average Bonchev–Trinajstić information content (AvgIpc) is 2.89. The summed E-state index contributed by atoms with van der Waals surface area (Å²) in [7, 11) is 0. The summed E-state index contributed by atoms with van der Waals surface area (Å²) in [4.78, 5) is 23.9. The molecule has 0 aliphatic heterocycles. The lowest BCUT2D eigenvalue weighted by molar-refractivity contribution is -0.122. The summed E-state index contributed by atoms with van der Waals surface area (Å²) in [6.45, 7) is 1.87. The van der Waals surface area contributed by atoms with Gasteiger partial charge in [-0.05, 0) is 37.1 Å². The number of rotatable bonds is 5. The maximum absolute atomic E-state index is 12.0. The van der Waals surface area contributed by atoms with Crippen LogP contribution >= 0.6 is 0 Å². The van der Waals surface area contributed by atoms with Crippen LogP contribution in [0.5, 0.6) is 0 Å². The van der Waals surface area contributed by atoms with Crippen LogP contribution in [0.4, 0.5) is 5.69 Å². The minimum Gasteiger partial charge on any atom is -0.424 e. The molecular weight excluding hydrogens is 296 g/mol. The third-order valence-electron chi connectivity index (χ3n) is 3.86. The van der Waals surface area contributed by atoms with Crippen LogP contribution in [0.2, 0.25) is 0 Å². The van der Waals surface area contributed by atoms with Crippen LogP contribution in [0.3, 0.4) is 0 Å². The summed E-state index contributed by atoms with van der Waals surface area (Å²) in [6, 6.07) is 6.79. The number of amides is 2. The van der Waals surface area contributed by atoms with Crippen LogP contribution in [-0.2, 0) is 11.3 Å². The Bertz CT molecular complexity index is 704. The number of aryl methyl sites for hydroxylation is 1. The molecule has 1 heterocycles. The van der Waals surface area contributed by atoms with Gasteiger partial charge in [0.15, 0.2) is 0 Å². The van der Waals surface area contributed by atoms with Crippen LogP contribution in [0.1, 0.15) is 41.4 Å². The molecule has 1 fully saturated rings. The van der Waals surface area contributed by atoms with E-state index in [1.54, 1.807) is 31.2 Å². The molecule has 0 unspecified atom stereocenters. The van der Waals surface area contributed by atoms with Crippen LogP contribution < -0.4 is 10.6 Å². The Morgan fingerprint density at radius 2 is 1.96 bits per heavy atom. The summed E-state index contributed by atoms with van der Waals surface area (Å²) >= 11 is 0. The van der Waals surface area contributed by atoms with E-state index in [2.05, 4.69) is 20.8 Å². The fraction of sp³-hybridized carbons (Fsp3) is 0.375. The number of anilines is 1. The van der Waals surface area contributed by atoms with E-state index in [9.17, 15) is 9.59 Å². The zero-order valence-corrected chi connectivity index (χ0v) is 12.8. The van der Waals surface area contributed by atoms with E-state index in [0.717, 1.165) is 19.3 Å². The smallest absolute Gasteiger partial charge is 0.251 e. The van der Waals surface area contributed by atoms with Crippen molar-refractivity contribution < 1.29 is 14.0 Å². The number of nitrogens with one attached hydrogen (secondary N) is 2. The molecule has 0 atom stereocenters. The van der Waals surface area contributed by atoms with E-state index in [0.29, 0.717) is 23.0 Å².